The smallest absolute Gasteiger partial charge is 0.394 e. The lowest BCUT2D eigenvalue weighted by Gasteiger charge is -2.31. The van der Waals surface area contributed by atoms with Crippen molar-refractivity contribution in [2.75, 3.05) is 6.61 Å². The molecule has 1 saturated heterocycles. The number of ether oxygens (including phenoxy) is 2. The molecule has 0 aliphatic carbocycles. The van der Waals surface area contributed by atoms with Crippen molar-refractivity contribution in [3.8, 4) is 0 Å². The van der Waals surface area contributed by atoms with Crippen molar-refractivity contribution in [3.63, 3.8) is 0 Å². The van der Waals surface area contributed by atoms with Crippen LogP contribution in [0, 0.1) is 0 Å². The molecule has 0 amide bonds. The standard InChI is InChI=1S/C8H12O10/c9-1-2(10)3(11)4(12)5(13)8(16)17-6(14)7(15)18-8/h2-5,9-13,16H,1H2/t2-,3-,4-,5-/m1/s1. The van der Waals surface area contributed by atoms with E-state index in [0.717, 1.165) is 0 Å². The van der Waals surface area contributed by atoms with Crippen molar-refractivity contribution in [2.24, 2.45) is 0 Å². The summed E-state index contributed by atoms with van der Waals surface area (Å²) in [6, 6.07) is 0. The molecule has 6 N–H and O–H groups in total. The van der Waals surface area contributed by atoms with Gasteiger partial charge < -0.3 is 40.1 Å². The van der Waals surface area contributed by atoms with E-state index in [9.17, 15) is 30.0 Å². The van der Waals surface area contributed by atoms with Crippen LogP contribution < -0.4 is 0 Å². The monoisotopic (exact) mass is 268 g/mol. The molecule has 0 radical (unpaired) electrons. The van der Waals surface area contributed by atoms with Crippen LogP contribution in [0.3, 0.4) is 0 Å². The number of carbonyl (C=O) groups is 2. The normalized spacial score (nSPS) is 25.0. The predicted molar refractivity (Wildman–Crippen MR) is 48.2 cm³/mol. The van der Waals surface area contributed by atoms with Crippen molar-refractivity contribution < 1.29 is 49.7 Å². The Hall–Kier alpha value is -1.30. The predicted octanol–water partition coefficient (Wildman–Crippen LogP) is -4.83. The second kappa shape index (κ2) is 5.14. The fraction of sp³-hybridized carbons (Fsp3) is 0.750. The van der Waals surface area contributed by atoms with Crippen LogP contribution in [0.2, 0.25) is 0 Å². The van der Waals surface area contributed by atoms with Crippen molar-refractivity contribution in [2.45, 2.75) is 30.4 Å². The summed E-state index contributed by atoms with van der Waals surface area (Å²) < 4.78 is 7.97. The Bertz CT molecular complexity index is 325. The van der Waals surface area contributed by atoms with Gasteiger partial charge in [-0.3, -0.25) is 0 Å². The number of esters is 2. The molecule has 18 heavy (non-hydrogen) atoms. The summed E-state index contributed by atoms with van der Waals surface area (Å²) in [6.45, 7) is -0.942. The second-order valence-corrected chi connectivity index (χ2v) is 3.59. The van der Waals surface area contributed by atoms with Crippen molar-refractivity contribution >= 4 is 11.9 Å². The summed E-state index contributed by atoms with van der Waals surface area (Å²) in [5.41, 5.74) is 0. The number of aliphatic hydroxyl groups is 6. The number of cyclic esters (lactones) is 2. The van der Waals surface area contributed by atoms with E-state index in [1.165, 1.54) is 0 Å². The van der Waals surface area contributed by atoms with Gasteiger partial charge in [0, 0.05) is 0 Å². The van der Waals surface area contributed by atoms with Crippen molar-refractivity contribution in [3.05, 3.63) is 0 Å². The Morgan fingerprint density at radius 2 is 1.44 bits per heavy atom. The maximum atomic E-state index is 10.7. The Labute approximate surface area is 99.6 Å². The molecule has 0 aromatic heterocycles. The minimum absolute atomic E-state index is 0.942. The number of hydrogen-bond acceptors (Lipinski definition) is 10. The zero-order chi connectivity index (χ0) is 14.1. The quantitative estimate of drug-likeness (QED) is 0.209. The van der Waals surface area contributed by atoms with Crippen LogP contribution >= 0.6 is 0 Å². The van der Waals surface area contributed by atoms with Crippen LogP contribution in [0.1, 0.15) is 0 Å². The van der Waals surface area contributed by atoms with Gasteiger partial charge in [-0.1, -0.05) is 0 Å². The Kier molecular flexibility index (Phi) is 4.21. The summed E-state index contributed by atoms with van der Waals surface area (Å²) in [4.78, 5) is 21.4. The molecule has 1 aliphatic heterocycles. The molecule has 0 spiro atoms. The highest BCUT2D eigenvalue weighted by Gasteiger charge is 2.57. The summed E-state index contributed by atoms with van der Waals surface area (Å²) in [7, 11) is 0. The van der Waals surface area contributed by atoms with Gasteiger partial charge in [-0.05, 0) is 0 Å². The molecule has 0 unspecified atom stereocenters. The molecule has 4 atom stereocenters. The van der Waals surface area contributed by atoms with E-state index in [4.69, 9.17) is 10.2 Å². The molecule has 1 aliphatic rings. The zero-order valence-electron chi connectivity index (χ0n) is 8.83. The lowest BCUT2D eigenvalue weighted by atomic mass is 10.0. The average Bonchev–Trinajstić information content (AvgIpc) is 2.60. The fourth-order valence-electron chi connectivity index (χ4n) is 1.23. The third-order valence-electron chi connectivity index (χ3n) is 2.27. The van der Waals surface area contributed by atoms with E-state index < -0.39 is 48.9 Å². The highest BCUT2D eigenvalue weighted by atomic mass is 16.9. The van der Waals surface area contributed by atoms with Crippen molar-refractivity contribution in [1.82, 2.24) is 0 Å². The van der Waals surface area contributed by atoms with Gasteiger partial charge in [0.05, 0.1) is 6.61 Å². The van der Waals surface area contributed by atoms with Gasteiger partial charge in [0.25, 0.3) is 0 Å². The summed E-state index contributed by atoms with van der Waals surface area (Å²) in [5.74, 6) is -6.36. The van der Waals surface area contributed by atoms with Gasteiger partial charge >= 0.3 is 17.9 Å². The van der Waals surface area contributed by atoms with Gasteiger partial charge in [-0.15, -0.1) is 0 Å². The van der Waals surface area contributed by atoms with E-state index in [0.29, 0.717) is 0 Å². The highest BCUT2D eigenvalue weighted by Crippen LogP contribution is 2.25. The maximum Gasteiger partial charge on any atom is 0.422 e. The molecule has 0 bridgehead atoms. The molecule has 1 heterocycles. The first-order chi connectivity index (χ1) is 8.23. The average molecular weight is 268 g/mol. The lowest BCUT2D eigenvalue weighted by Crippen LogP contribution is -2.56. The topological polar surface area (TPSA) is 174 Å². The zero-order valence-corrected chi connectivity index (χ0v) is 8.83. The molecule has 0 saturated carbocycles. The molecule has 1 rings (SSSR count). The second-order valence-electron chi connectivity index (χ2n) is 3.59. The van der Waals surface area contributed by atoms with Gasteiger partial charge in [-0.25, -0.2) is 9.59 Å². The molecule has 10 heteroatoms. The molecular formula is C8H12O10. The van der Waals surface area contributed by atoms with Crippen LogP contribution in [-0.2, 0) is 19.1 Å². The molecule has 104 valence electrons. The Morgan fingerprint density at radius 1 is 1.00 bits per heavy atom. The lowest BCUT2D eigenvalue weighted by molar-refractivity contribution is -0.351. The van der Waals surface area contributed by atoms with Crippen LogP contribution in [0.4, 0.5) is 0 Å². The maximum absolute atomic E-state index is 10.7. The van der Waals surface area contributed by atoms with Gasteiger partial charge in [0.15, 0.2) is 6.10 Å². The Morgan fingerprint density at radius 3 is 1.83 bits per heavy atom. The first-order valence-corrected chi connectivity index (χ1v) is 4.74. The SMILES string of the molecule is O=C1OC(O)([C@H](O)[C@H](O)[C@H](O)[C@H](O)CO)OC1=O. The molecule has 10 nitrogen and oxygen atoms in total. The minimum atomic E-state index is -3.16. The first kappa shape index (κ1) is 14.8. The van der Waals surface area contributed by atoms with Crippen LogP contribution in [0.15, 0.2) is 0 Å². The first-order valence-electron chi connectivity index (χ1n) is 4.74. The van der Waals surface area contributed by atoms with E-state index in [-0.39, 0.29) is 0 Å². The summed E-state index contributed by atoms with van der Waals surface area (Å²) in [6.07, 6.45) is -8.60. The van der Waals surface area contributed by atoms with Gasteiger partial charge in [0.2, 0.25) is 0 Å². The van der Waals surface area contributed by atoms with Crippen LogP contribution in [0.5, 0.6) is 0 Å². The largest absolute Gasteiger partial charge is 0.422 e. The number of hydrogen-bond donors (Lipinski definition) is 6. The summed E-state index contributed by atoms with van der Waals surface area (Å²) >= 11 is 0. The molecule has 0 aromatic carbocycles. The van der Waals surface area contributed by atoms with Gasteiger partial charge in [0.1, 0.15) is 18.3 Å². The summed E-state index contributed by atoms with van der Waals surface area (Å²) in [5, 5.41) is 55.0. The van der Waals surface area contributed by atoms with Crippen LogP contribution in [0.25, 0.3) is 0 Å². The fourth-order valence-corrected chi connectivity index (χ4v) is 1.23. The number of carbonyl (C=O) groups excluding carboxylic acids is 2. The van der Waals surface area contributed by atoms with E-state index in [1.807, 2.05) is 0 Å². The number of rotatable bonds is 5. The van der Waals surface area contributed by atoms with E-state index >= 15 is 0 Å². The highest BCUT2D eigenvalue weighted by molar-refractivity contribution is 6.31. The molecule has 1 fully saturated rings. The number of aliphatic hydroxyl groups excluding tert-OH is 5. The minimum Gasteiger partial charge on any atom is -0.394 e. The molecule has 0 aromatic rings. The van der Waals surface area contributed by atoms with E-state index in [2.05, 4.69) is 9.47 Å². The third-order valence-corrected chi connectivity index (χ3v) is 2.27. The third kappa shape index (κ3) is 2.58. The Balaban J connectivity index is 2.78. The molecular weight excluding hydrogens is 256 g/mol. The van der Waals surface area contributed by atoms with Gasteiger partial charge in [-0.2, -0.15) is 0 Å². The van der Waals surface area contributed by atoms with Crippen LogP contribution in [-0.4, -0.2) is 79.6 Å². The van der Waals surface area contributed by atoms with E-state index in [1.54, 1.807) is 0 Å². The van der Waals surface area contributed by atoms with Crippen molar-refractivity contribution in [1.29, 1.82) is 0 Å².